The predicted octanol–water partition coefficient (Wildman–Crippen LogP) is 1.62. The zero-order chi connectivity index (χ0) is 8.23. The molecule has 0 aromatic heterocycles. The van der Waals surface area contributed by atoms with Crippen molar-refractivity contribution in [1.29, 1.82) is 0 Å². The van der Waals surface area contributed by atoms with E-state index in [0.29, 0.717) is 0 Å². The molecule has 2 radical (unpaired) electrons. The third-order valence-electron chi connectivity index (χ3n) is 1.65. The lowest BCUT2D eigenvalue weighted by Crippen LogP contribution is -2.13. The lowest BCUT2D eigenvalue weighted by atomic mass is 10.4. The summed E-state index contributed by atoms with van der Waals surface area (Å²) in [7, 11) is 0.746. The van der Waals surface area contributed by atoms with E-state index < -0.39 is 0 Å². The number of allylic oxidation sites excluding steroid dienone is 3. The second-order valence-electron chi connectivity index (χ2n) is 2.57. The Hall–Kier alpha value is -1.30. The average Bonchev–Trinajstić information content (AvgIpc) is 2.59. The maximum atomic E-state index is 3.20. The Balaban J connectivity index is 2.15. The van der Waals surface area contributed by atoms with Crippen LogP contribution in [0.1, 0.15) is 0 Å². The molecule has 0 saturated heterocycles. The van der Waals surface area contributed by atoms with Gasteiger partial charge >= 0.3 is 0 Å². The largest absolute Gasteiger partial charge is 0.132 e. The van der Waals surface area contributed by atoms with Gasteiger partial charge in [0, 0.05) is 0 Å². The van der Waals surface area contributed by atoms with Crippen LogP contribution < -0.4 is 5.19 Å². The molecule has 1 aromatic carbocycles. The zero-order valence-electron chi connectivity index (χ0n) is 6.62. The van der Waals surface area contributed by atoms with Gasteiger partial charge in [-0.3, -0.25) is 0 Å². The first kappa shape index (κ1) is 7.35. The first-order chi connectivity index (χ1) is 5.95. The van der Waals surface area contributed by atoms with Gasteiger partial charge in [-0.1, -0.05) is 47.7 Å². The quantitative estimate of drug-likeness (QED) is 0.465. The molecule has 2 rings (SSSR count). The number of benzene rings is 1. The Morgan fingerprint density at radius 2 is 1.92 bits per heavy atom. The minimum absolute atomic E-state index is 0.746. The lowest BCUT2D eigenvalue weighted by molar-refractivity contribution is 1.76. The molecule has 0 nitrogen and oxygen atoms in total. The van der Waals surface area contributed by atoms with Crippen LogP contribution in [0, 0.1) is 0 Å². The van der Waals surface area contributed by atoms with Crippen molar-refractivity contribution in [3.05, 3.63) is 59.5 Å². The van der Waals surface area contributed by atoms with Gasteiger partial charge in [-0.05, 0) is 11.3 Å². The molecule has 1 heteroatoms. The van der Waals surface area contributed by atoms with E-state index in [1.165, 1.54) is 10.4 Å². The molecule has 0 saturated carbocycles. The van der Waals surface area contributed by atoms with Crippen LogP contribution >= 0.6 is 0 Å². The normalized spacial score (nSPS) is 13.5. The molecule has 12 heavy (non-hydrogen) atoms. The van der Waals surface area contributed by atoms with Crippen LogP contribution in [0.2, 0.25) is 0 Å². The maximum Gasteiger partial charge on any atom is 0.132 e. The molecule has 0 unspecified atom stereocenters. The van der Waals surface area contributed by atoms with E-state index in [0.717, 1.165) is 9.52 Å². The third-order valence-corrected chi connectivity index (χ3v) is 2.85. The summed E-state index contributed by atoms with van der Waals surface area (Å²) in [6.45, 7) is 0. The fourth-order valence-electron chi connectivity index (χ4n) is 1.09. The minimum atomic E-state index is 0.746. The highest BCUT2D eigenvalue weighted by Gasteiger charge is 1.97. The monoisotopic (exact) mass is 168 g/mol. The second-order valence-corrected chi connectivity index (χ2v) is 3.94. The van der Waals surface area contributed by atoms with Gasteiger partial charge < -0.3 is 0 Å². The SMILES string of the molecule is C1=CC=CC=1[Si]c1ccccc1. The molecule has 1 aliphatic rings. The number of hydrogen-bond donors (Lipinski definition) is 0. The Bertz CT molecular complexity index is 354. The Morgan fingerprint density at radius 1 is 1.08 bits per heavy atom. The third kappa shape index (κ3) is 1.65. The van der Waals surface area contributed by atoms with Crippen molar-refractivity contribution in [2.75, 3.05) is 0 Å². The summed E-state index contributed by atoms with van der Waals surface area (Å²) >= 11 is 0. The van der Waals surface area contributed by atoms with E-state index in [9.17, 15) is 0 Å². The minimum Gasteiger partial charge on any atom is -0.122 e. The highest BCUT2D eigenvalue weighted by Crippen LogP contribution is 1.99. The van der Waals surface area contributed by atoms with Crippen molar-refractivity contribution in [3.63, 3.8) is 0 Å². The Morgan fingerprint density at radius 3 is 2.58 bits per heavy atom. The van der Waals surface area contributed by atoms with Crippen LogP contribution in [0.3, 0.4) is 0 Å². The maximum absolute atomic E-state index is 3.20. The van der Waals surface area contributed by atoms with Crippen molar-refractivity contribution >= 4 is 14.7 Å². The molecule has 0 heterocycles. The summed E-state index contributed by atoms with van der Waals surface area (Å²) in [5, 5.41) is 2.67. The van der Waals surface area contributed by atoms with Crippen LogP contribution in [-0.2, 0) is 0 Å². The summed E-state index contributed by atoms with van der Waals surface area (Å²) in [5.41, 5.74) is 3.20. The molecular formula is C11H8Si. The highest BCUT2D eigenvalue weighted by atomic mass is 28.2. The van der Waals surface area contributed by atoms with E-state index in [1.807, 2.05) is 18.2 Å². The van der Waals surface area contributed by atoms with Crippen molar-refractivity contribution < 1.29 is 0 Å². The van der Waals surface area contributed by atoms with Crippen molar-refractivity contribution in [3.8, 4) is 0 Å². The van der Waals surface area contributed by atoms with Gasteiger partial charge in [-0.25, -0.2) is 0 Å². The van der Waals surface area contributed by atoms with E-state index in [-0.39, 0.29) is 0 Å². The molecule has 1 aromatic rings. The molecule has 0 spiro atoms. The van der Waals surface area contributed by atoms with Crippen LogP contribution in [0.25, 0.3) is 0 Å². The molecule has 0 fully saturated rings. The number of rotatable bonds is 2. The van der Waals surface area contributed by atoms with Crippen LogP contribution in [0.4, 0.5) is 0 Å². The van der Waals surface area contributed by atoms with Crippen molar-refractivity contribution in [2.24, 2.45) is 0 Å². The van der Waals surface area contributed by atoms with Crippen LogP contribution in [0.5, 0.6) is 0 Å². The van der Waals surface area contributed by atoms with Gasteiger partial charge in [0.05, 0.1) is 0 Å². The summed E-state index contributed by atoms with van der Waals surface area (Å²) in [4.78, 5) is 0. The molecular weight excluding hydrogens is 160 g/mol. The van der Waals surface area contributed by atoms with Gasteiger partial charge in [0.25, 0.3) is 0 Å². The molecule has 0 aliphatic heterocycles. The van der Waals surface area contributed by atoms with Gasteiger partial charge in [-0.15, -0.1) is 5.73 Å². The zero-order valence-corrected chi connectivity index (χ0v) is 7.62. The van der Waals surface area contributed by atoms with E-state index >= 15 is 0 Å². The predicted molar refractivity (Wildman–Crippen MR) is 52.6 cm³/mol. The van der Waals surface area contributed by atoms with Crippen molar-refractivity contribution in [1.82, 2.24) is 0 Å². The number of hydrogen-bond acceptors (Lipinski definition) is 0. The fraction of sp³-hybridized carbons (Fsp3) is 0. The molecule has 0 amide bonds. The van der Waals surface area contributed by atoms with E-state index in [4.69, 9.17) is 0 Å². The molecule has 0 atom stereocenters. The highest BCUT2D eigenvalue weighted by molar-refractivity contribution is 6.61. The summed E-state index contributed by atoms with van der Waals surface area (Å²) in [6, 6.07) is 10.5. The first-order valence-corrected chi connectivity index (χ1v) is 4.90. The summed E-state index contributed by atoms with van der Waals surface area (Å²) < 4.78 is 0. The molecule has 56 valence electrons. The molecule has 1 aliphatic carbocycles. The van der Waals surface area contributed by atoms with Gasteiger partial charge in [0.2, 0.25) is 0 Å². The average molecular weight is 168 g/mol. The van der Waals surface area contributed by atoms with E-state index in [2.05, 4.69) is 36.1 Å². The smallest absolute Gasteiger partial charge is 0.122 e. The van der Waals surface area contributed by atoms with Gasteiger partial charge in [0.1, 0.15) is 9.52 Å². The first-order valence-electron chi connectivity index (χ1n) is 3.90. The fourth-order valence-corrected chi connectivity index (χ4v) is 2.09. The standard InChI is InChI=1S/C11H8Si/c1-2-6-10(7-3-1)12-11-8-4-5-9-11/h1-8H. The summed E-state index contributed by atoms with van der Waals surface area (Å²) in [6.07, 6.45) is 6.11. The molecule has 0 N–H and O–H groups in total. The topological polar surface area (TPSA) is 0 Å². The summed E-state index contributed by atoms with van der Waals surface area (Å²) in [5.74, 6) is 0. The van der Waals surface area contributed by atoms with Crippen LogP contribution in [0.15, 0.2) is 59.5 Å². The van der Waals surface area contributed by atoms with Gasteiger partial charge in [0.15, 0.2) is 0 Å². The lowest BCUT2D eigenvalue weighted by Gasteiger charge is -1.95. The Labute approximate surface area is 74.8 Å². The molecule has 0 bridgehead atoms. The van der Waals surface area contributed by atoms with Crippen LogP contribution in [-0.4, -0.2) is 9.52 Å². The second kappa shape index (κ2) is 3.40. The van der Waals surface area contributed by atoms with Gasteiger partial charge in [-0.2, -0.15) is 0 Å². The van der Waals surface area contributed by atoms with E-state index in [1.54, 1.807) is 0 Å². The Kier molecular flexibility index (Phi) is 2.08. The van der Waals surface area contributed by atoms with Crippen molar-refractivity contribution in [2.45, 2.75) is 0 Å².